The summed E-state index contributed by atoms with van der Waals surface area (Å²) in [7, 11) is 3.49. The van der Waals surface area contributed by atoms with Crippen LogP contribution in [0.3, 0.4) is 0 Å². The molecule has 0 spiro atoms. The normalized spacial score (nSPS) is 14.0. The number of amides is 1. The third-order valence-electron chi connectivity index (χ3n) is 1.48. The Labute approximate surface area is 74.6 Å². The van der Waals surface area contributed by atoms with E-state index in [-0.39, 0.29) is 5.91 Å². The topological polar surface area (TPSA) is 20.3 Å². The first-order valence-corrected chi connectivity index (χ1v) is 4.10. The van der Waals surface area contributed by atoms with Crippen molar-refractivity contribution in [3.05, 3.63) is 24.3 Å². The molecule has 0 N–H and O–H groups in total. The fourth-order valence-electron chi connectivity index (χ4n) is 0.751. The van der Waals surface area contributed by atoms with Crippen LogP contribution in [-0.2, 0) is 4.79 Å². The van der Waals surface area contributed by atoms with Gasteiger partial charge in [-0.15, -0.1) is 0 Å². The van der Waals surface area contributed by atoms with Gasteiger partial charge in [0, 0.05) is 14.1 Å². The second kappa shape index (κ2) is 5.58. The highest BCUT2D eigenvalue weighted by molar-refractivity contribution is 5.87. The fraction of sp³-hybridized carbons (Fsp3) is 0.500. The van der Waals surface area contributed by atoms with E-state index in [0.29, 0.717) is 5.92 Å². The van der Waals surface area contributed by atoms with Gasteiger partial charge in [-0.2, -0.15) is 0 Å². The number of nitrogens with zero attached hydrogens (tertiary/aromatic N) is 1. The zero-order valence-corrected chi connectivity index (χ0v) is 8.24. The lowest BCUT2D eigenvalue weighted by Crippen LogP contribution is -2.18. The van der Waals surface area contributed by atoms with Crippen LogP contribution in [0.4, 0.5) is 0 Å². The SMILES string of the molecule is C/C=C\C(C)/C=C/C(=O)N(C)C. The minimum Gasteiger partial charge on any atom is -0.345 e. The third kappa shape index (κ3) is 4.72. The van der Waals surface area contributed by atoms with Crippen LogP contribution >= 0.6 is 0 Å². The molecule has 0 radical (unpaired) electrons. The average molecular weight is 167 g/mol. The molecule has 1 unspecified atom stereocenters. The number of carbonyl (C=O) groups is 1. The molecule has 0 aliphatic rings. The van der Waals surface area contributed by atoms with Gasteiger partial charge in [-0.05, 0) is 18.9 Å². The average Bonchev–Trinajstić information content (AvgIpc) is 2.00. The molecule has 0 fully saturated rings. The zero-order valence-electron chi connectivity index (χ0n) is 8.24. The van der Waals surface area contributed by atoms with Crippen LogP contribution in [0.5, 0.6) is 0 Å². The Morgan fingerprint density at radius 3 is 2.33 bits per heavy atom. The van der Waals surface area contributed by atoms with E-state index in [0.717, 1.165) is 0 Å². The number of rotatable bonds is 3. The van der Waals surface area contributed by atoms with Gasteiger partial charge >= 0.3 is 0 Å². The Bertz CT molecular complexity index is 192. The first-order valence-electron chi connectivity index (χ1n) is 4.10. The minimum absolute atomic E-state index is 0.0337. The maximum Gasteiger partial charge on any atom is 0.245 e. The van der Waals surface area contributed by atoms with Gasteiger partial charge in [0.05, 0.1) is 0 Å². The van der Waals surface area contributed by atoms with Gasteiger partial charge in [-0.25, -0.2) is 0 Å². The Kier molecular flexibility index (Phi) is 5.09. The van der Waals surface area contributed by atoms with Gasteiger partial charge in [0.15, 0.2) is 0 Å². The second-order valence-corrected chi connectivity index (χ2v) is 2.98. The molecule has 0 saturated carbocycles. The summed E-state index contributed by atoms with van der Waals surface area (Å²) in [6, 6.07) is 0. The van der Waals surface area contributed by atoms with E-state index in [2.05, 4.69) is 0 Å². The molecule has 0 heterocycles. The highest BCUT2D eigenvalue weighted by atomic mass is 16.2. The lowest BCUT2D eigenvalue weighted by molar-refractivity contribution is -0.123. The molecule has 1 amide bonds. The summed E-state index contributed by atoms with van der Waals surface area (Å²) < 4.78 is 0. The smallest absolute Gasteiger partial charge is 0.245 e. The molecular formula is C10H17NO. The van der Waals surface area contributed by atoms with Crippen LogP contribution in [-0.4, -0.2) is 24.9 Å². The summed E-state index contributed by atoms with van der Waals surface area (Å²) in [5.41, 5.74) is 0. The summed E-state index contributed by atoms with van der Waals surface area (Å²) in [4.78, 5) is 12.6. The maximum atomic E-state index is 11.1. The molecule has 12 heavy (non-hydrogen) atoms. The first kappa shape index (κ1) is 11.0. The van der Waals surface area contributed by atoms with Crippen molar-refractivity contribution < 1.29 is 4.79 Å². The lowest BCUT2D eigenvalue weighted by atomic mass is 10.1. The van der Waals surface area contributed by atoms with Gasteiger partial charge in [-0.3, -0.25) is 4.79 Å². The molecule has 0 aromatic heterocycles. The van der Waals surface area contributed by atoms with Gasteiger partial charge < -0.3 is 4.90 Å². The molecule has 0 aromatic rings. The van der Waals surface area contributed by atoms with Crippen molar-refractivity contribution in [2.75, 3.05) is 14.1 Å². The molecule has 68 valence electrons. The van der Waals surface area contributed by atoms with Crippen molar-refractivity contribution in [2.45, 2.75) is 13.8 Å². The van der Waals surface area contributed by atoms with Crippen LogP contribution in [0.15, 0.2) is 24.3 Å². The number of likely N-dealkylation sites (N-methyl/N-ethyl adjacent to an activating group) is 1. The van der Waals surface area contributed by atoms with E-state index in [1.165, 1.54) is 0 Å². The lowest BCUT2D eigenvalue weighted by Gasteiger charge is -2.05. The van der Waals surface area contributed by atoms with E-state index in [1.54, 1.807) is 25.1 Å². The van der Waals surface area contributed by atoms with Crippen LogP contribution < -0.4 is 0 Å². The molecule has 0 bridgehead atoms. The summed E-state index contributed by atoms with van der Waals surface area (Å²) in [6.07, 6.45) is 7.52. The van der Waals surface area contributed by atoms with E-state index >= 15 is 0 Å². The van der Waals surface area contributed by atoms with Gasteiger partial charge in [0.25, 0.3) is 0 Å². The molecule has 0 rings (SSSR count). The number of allylic oxidation sites excluding steroid dienone is 3. The Balaban J connectivity index is 3.97. The summed E-state index contributed by atoms with van der Waals surface area (Å²) >= 11 is 0. The molecule has 1 atom stereocenters. The second-order valence-electron chi connectivity index (χ2n) is 2.98. The van der Waals surface area contributed by atoms with Crippen molar-refractivity contribution in [1.29, 1.82) is 0 Å². The largest absolute Gasteiger partial charge is 0.345 e. The molecule has 0 aromatic carbocycles. The van der Waals surface area contributed by atoms with Crippen LogP contribution in [0.1, 0.15) is 13.8 Å². The van der Waals surface area contributed by atoms with Crippen LogP contribution in [0, 0.1) is 5.92 Å². The van der Waals surface area contributed by atoms with Crippen molar-refractivity contribution in [3.63, 3.8) is 0 Å². The molecule has 0 aliphatic carbocycles. The van der Waals surface area contributed by atoms with Crippen molar-refractivity contribution in [3.8, 4) is 0 Å². The number of carbonyl (C=O) groups excluding carboxylic acids is 1. The molecule has 0 saturated heterocycles. The van der Waals surface area contributed by atoms with Crippen LogP contribution in [0.2, 0.25) is 0 Å². The third-order valence-corrected chi connectivity index (χ3v) is 1.48. The predicted molar refractivity (Wildman–Crippen MR) is 51.8 cm³/mol. The standard InChI is InChI=1S/C10H17NO/c1-5-6-9(2)7-8-10(12)11(3)4/h5-9H,1-4H3/b6-5-,8-7+. The quantitative estimate of drug-likeness (QED) is 0.464. The van der Waals surface area contributed by atoms with Crippen molar-refractivity contribution in [1.82, 2.24) is 4.90 Å². The monoisotopic (exact) mass is 167 g/mol. The maximum absolute atomic E-state index is 11.1. The number of hydrogen-bond donors (Lipinski definition) is 0. The van der Waals surface area contributed by atoms with Gasteiger partial charge in [-0.1, -0.05) is 25.2 Å². The molecular weight excluding hydrogens is 150 g/mol. The Morgan fingerprint density at radius 1 is 1.33 bits per heavy atom. The van der Waals surface area contributed by atoms with Crippen LogP contribution in [0.25, 0.3) is 0 Å². The molecule has 0 aliphatic heterocycles. The summed E-state index contributed by atoms with van der Waals surface area (Å²) in [5, 5.41) is 0. The van der Waals surface area contributed by atoms with E-state index in [4.69, 9.17) is 0 Å². The fourth-order valence-corrected chi connectivity index (χ4v) is 0.751. The van der Waals surface area contributed by atoms with Crippen molar-refractivity contribution in [2.24, 2.45) is 5.92 Å². The Hall–Kier alpha value is -1.05. The predicted octanol–water partition coefficient (Wildman–Crippen LogP) is 1.84. The highest BCUT2D eigenvalue weighted by Gasteiger charge is 1.97. The zero-order chi connectivity index (χ0) is 9.56. The van der Waals surface area contributed by atoms with E-state index in [9.17, 15) is 4.79 Å². The first-order chi connectivity index (χ1) is 5.57. The highest BCUT2D eigenvalue weighted by Crippen LogP contribution is 1.99. The van der Waals surface area contributed by atoms with E-state index < -0.39 is 0 Å². The number of hydrogen-bond acceptors (Lipinski definition) is 1. The molecule has 2 heteroatoms. The summed E-state index contributed by atoms with van der Waals surface area (Å²) in [5.74, 6) is 0.366. The van der Waals surface area contributed by atoms with Gasteiger partial charge in [0.1, 0.15) is 0 Å². The minimum atomic E-state index is 0.0337. The van der Waals surface area contributed by atoms with Crippen molar-refractivity contribution >= 4 is 5.91 Å². The summed E-state index contributed by atoms with van der Waals surface area (Å²) in [6.45, 7) is 4.01. The van der Waals surface area contributed by atoms with E-state index in [1.807, 2.05) is 32.1 Å². The molecule has 2 nitrogen and oxygen atoms in total. The van der Waals surface area contributed by atoms with Gasteiger partial charge in [0.2, 0.25) is 5.91 Å². The Morgan fingerprint density at radius 2 is 1.92 bits per heavy atom.